The fraction of sp³-hybridized carbons (Fsp3) is 0.417. The fourth-order valence-electron chi connectivity index (χ4n) is 1.46. The van der Waals surface area contributed by atoms with Crippen LogP contribution in [0.5, 0.6) is 5.75 Å². The summed E-state index contributed by atoms with van der Waals surface area (Å²) in [7, 11) is 0. The van der Waals surface area contributed by atoms with Crippen LogP contribution in [-0.4, -0.2) is 11.4 Å². The van der Waals surface area contributed by atoms with Gasteiger partial charge in [-0.15, -0.1) is 0 Å². The Kier molecular flexibility index (Phi) is 3.69. The summed E-state index contributed by atoms with van der Waals surface area (Å²) in [6, 6.07) is 5.64. The number of benzene rings is 1. The van der Waals surface area contributed by atoms with Crippen molar-refractivity contribution in [3.63, 3.8) is 0 Å². The highest BCUT2D eigenvalue weighted by molar-refractivity contribution is 5.53. The van der Waals surface area contributed by atoms with Crippen LogP contribution in [0.3, 0.4) is 0 Å². The van der Waals surface area contributed by atoms with Crippen molar-refractivity contribution in [1.29, 1.82) is 0 Å². The molecule has 2 nitrogen and oxygen atoms in total. The van der Waals surface area contributed by atoms with E-state index in [0.717, 1.165) is 23.8 Å². The Labute approximate surface area is 84.6 Å². The van der Waals surface area contributed by atoms with Gasteiger partial charge in [0.15, 0.2) is 0 Å². The van der Waals surface area contributed by atoms with Crippen LogP contribution in [0.4, 0.5) is 0 Å². The van der Waals surface area contributed by atoms with Gasteiger partial charge in [0.1, 0.15) is 12.0 Å². The molecule has 0 heterocycles. The Morgan fingerprint density at radius 1 is 1.50 bits per heavy atom. The fourth-order valence-corrected chi connectivity index (χ4v) is 1.46. The standard InChI is InChI=1S/C12H16O2/c1-3-11-5-4-10(7-12(11)14)6-9(2)8-13/h4-5,7-9,14H,3,6H2,1-2H3. The zero-order valence-electron chi connectivity index (χ0n) is 8.66. The van der Waals surface area contributed by atoms with Crippen LogP contribution in [-0.2, 0) is 17.6 Å². The Morgan fingerprint density at radius 2 is 2.21 bits per heavy atom. The van der Waals surface area contributed by atoms with Crippen molar-refractivity contribution in [1.82, 2.24) is 0 Å². The van der Waals surface area contributed by atoms with Gasteiger partial charge >= 0.3 is 0 Å². The second-order valence-corrected chi connectivity index (χ2v) is 3.63. The summed E-state index contributed by atoms with van der Waals surface area (Å²) in [5.41, 5.74) is 1.96. The van der Waals surface area contributed by atoms with Crippen molar-refractivity contribution in [2.45, 2.75) is 26.7 Å². The lowest BCUT2D eigenvalue weighted by atomic mass is 10.00. The number of aromatic hydroxyl groups is 1. The van der Waals surface area contributed by atoms with Gasteiger partial charge in [-0.05, 0) is 30.0 Å². The summed E-state index contributed by atoms with van der Waals surface area (Å²) in [4.78, 5) is 10.5. The Balaban J connectivity index is 2.80. The molecule has 0 amide bonds. The highest BCUT2D eigenvalue weighted by Crippen LogP contribution is 2.20. The summed E-state index contributed by atoms with van der Waals surface area (Å²) in [6.45, 7) is 3.88. The van der Waals surface area contributed by atoms with Crippen LogP contribution in [0.15, 0.2) is 18.2 Å². The number of rotatable bonds is 4. The number of phenolic OH excluding ortho intramolecular Hbond substituents is 1. The number of carbonyl (C=O) groups is 1. The van der Waals surface area contributed by atoms with Crippen molar-refractivity contribution in [2.24, 2.45) is 5.92 Å². The Morgan fingerprint density at radius 3 is 2.71 bits per heavy atom. The Hall–Kier alpha value is -1.31. The van der Waals surface area contributed by atoms with Gasteiger partial charge in [-0.25, -0.2) is 0 Å². The normalized spacial score (nSPS) is 12.4. The molecule has 0 aliphatic carbocycles. The molecule has 0 aromatic heterocycles. The molecule has 0 saturated heterocycles. The first kappa shape index (κ1) is 10.8. The first-order chi connectivity index (χ1) is 6.67. The van der Waals surface area contributed by atoms with E-state index in [-0.39, 0.29) is 5.92 Å². The van der Waals surface area contributed by atoms with Gasteiger partial charge < -0.3 is 9.90 Å². The van der Waals surface area contributed by atoms with E-state index in [2.05, 4.69) is 0 Å². The van der Waals surface area contributed by atoms with Crippen LogP contribution in [0.2, 0.25) is 0 Å². The summed E-state index contributed by atoms with van der Waals surface area (Å²) in [6.07, 6.45) is 2.46. The molecule has 0 bridgehead atoms. The SMILES string of the molecule is CCc1ccc(CC(C)C=O)cc1O. The summed E-state index contributed by atoms with van der Waals surface area (Å²) in [5.74, 6) is 0.352. The maximum atomic E-state index is 10.5. The van der Waals surface area contributed by atoms with Gasteiger partial charge in [-0.1, -0.05) is 26.0 Å². The van der Waals surface area contributed by atoms with Crippen LogP contribution >= 0.6 is 0 Å². The van der Waals surface area contributed by atoms with E-state index in [1.807, 2.05) is 26.0 Å². The predicted octanol–water partition coefficient (Wildman–Crippen LogP) is 2.33. The number of hydrogen-bond acceptors (Lipinski definition) is 2. The molecule has 1 aromatic carbocycles. The van der Waals surface area contributed by atoms with Crippen LogP contribution in [0.25, 0.3) is 0 Å². The highest BCUT2D eigenvalue weighted by atomic mass is 16.3. The Bertz CT molecular complexity index is 318. The number of aryl methyl sites for hydroxylation is 1. The van der Waals surface area contributed by atoms with E-state index in [0.29, 0.717) is 12.2 Å². The number of carbonyl (C=O) groups excluding carboxylic acids is 1. The third kappa shape index (κ3) is 2.59. The summed E-state index contributed by atoms with van der Waals surface area (Å²) in [5, 5.41) is 9.59. The topological polar surface area (TPSA) is 37.3 Å². The number of hydrogen-bond donors (Lipinski definition) is 1. The zero-order valence-corrected chi connectivity index (χ0v) is 8.66. The quantitative estimate of drug-likeness (QED) is 0.743. The van der Waals surface area contributed by atoms with Gasteiger partial charge in [0, 0.05) is 5.92 Å². The predicted molar refractivity (Wildman–Crippen MR) is 56.4 cm³/mol. The molecule has 1 atom stereocenters. The third-order valence-electron chi connectivity index (χ3n) is 2.32. The van der Waals surface area contributed by atoms with E-state index in [1.165, 1.54) is 0 Å². The van der Waals surface area contributed by atoms with Crippen molar-refractivity contribution in [3.8, 4) is 5.75 Å². The molecule has 1 aromatic rings. The molecule has 0 radical (unpaired) electrons. The zero-order chi connectivity index (χ0) is 10.6. The summed E-state index contributed by atoms with van der Waals surface area (Å²) >= 11 is 0. The lowest BCUT2D eigenvalue weighted by Gasteiger charge is -2.07. The molecule has 1 unspecified atom stereocenters. The van der Waals surface area contributed by atoms with Crippen LogP contribution in [0.1, 0.15) is 25.0 Å². The van der Waals surface area contributed by atoms with Crippen molar-refractivity contribution >= 4 is 6.29 Å². The second kappa shape index (κ2) is 4.80. The van der Waals surface area contributed by atoms with Crippen molar-refractivity contribution in [3.05, 3.63) is 29.3 Å². The minimum atomic E-state index is 0.0156. The molecule has 0 aliphatic rings. The molecule has 14 heavy (non-hydrogen) atoms. The highest BCUT2D eigenvalue weighted by Gasteiger charge is 2.04. The van der Waals surface area contributed by atoms with Gasteiger partial charge in [0.05, 0.1) is 0 Å². The van der Waals surface area contributed by atoms with Gasteiger partial charge in [-0.2, -0.15) is 0 Å². The molecule has 1 rings (SSSR count). The smallest absolute Gasteiger partial charge is 0.123 e. The molecule has 1 N–H and O–H groups in total. The molecule has 0 spiro atoms. The van der Waals surface area contributed by atoms with E-state index < -0.39 is 0 Å². The van der Waals surface area contributed by atoms with Gasteiger partial charge in [-0.3, -0.25) is 0 Å². The van der Waals surface area contributed by atoms with Crippen LogP contribution < -0.4 is 0 Å². The summed E-state index contributed by atoms with van der Waals surface area (Å²) < 4.78 is 0. The molecule has 0 fully saturated rings. The number of phenols is 1. The average Bonchev–Trinajstić information content (AvgIpc) is 2.18. The molecular formula is C12H16O2. The maximum absolute atomic E-state index is 10.5. The second-order valence-electron chi connectivity index (χ2n) is 3.63. The lowest BCUT2D eigenvalue weighted by molar-refractivity contribution is -0.110. The largest absolute Gasteiger partial charge is 0.508 e. The molecule has 0 aliphatic heterocycles. The third-order valence-corrected chi connectivity index (χ3v) is 2.32. The van der Waals surface area contributed by atoms with Crippen molar-refractivity contribution < 1.29 is 9.90 Å². The molecule has 76 valence electrons. The first-order valence-corrected chi connectivity index (χ1v) is 4.93. The average molecular weight is 192 g/mol. The molecule has 0 saturated carbocycles. The van der Waals surface area contributed by atoms with Crippen LogP contribution in [0, 0.1) is 5.92 Å². The first-order valence-electron chi connectivity index (χ1n) is 4.93. The van der Waals surface area contributed by atoms with E-state index in [4.69, 9.17) is 0 Å². The lowest BCUT2D eigenvalue weighted by Crippen LogP contribution is -2.00. The molecular weight excluding hydrogens is 176 g/mol. The van der Waals surface area contributed by atoms with Gasteiger partial charge in [0.2, 0.25) is 0 Å². The number of aldehydes is 1. The van der Waals surface area contributed by atoms with E-state index in [9.17, 15) is 9.90 Å². The minimum absolute atomic E-state index is 0.0156. The minimum Gasteiger partial charge on any atom is -0.508 e. The monoisotopic (exact) mass is 192 g/mol. The van der Waals surface area contributed by atoms with E-state index >= 15 is 0 Å². The van der Waals surface area contributed by atoms with E-state index in [1.54, 1.807) is 6.07 Å². The maximum Gasteiger partial charge on any atom is 0.123 e. The van der Waals surface area contributed by atoms with Gasteiger partial charge in [0.25, 0.3) is 0 Å². The molecule has 2 heteroatoms. The van der Waals surface area contributed by atoms with Crippen molar-refractivity contribution in [2.75, 3.05) is 0 Å².